The van der Waals surface area contributed by atoms with Gasteiger partial charge in [0.1, 0.15) is 0 Å². The lowest BCUT2D eigenvalue weighted by Crippen LogP contribution is -2.58. The average molecular weight is 195 g/mol. The lowest BCUT2D eigenvalue weighted by Gasteiger charge is -2.62. The first-order valence-electron chi connectivity index (χ1n) is 6.09. The molecule has 0 aromatic heterocycles. The summed E-state index contributed by atoms with van der Waals surface area (Å²) >= 11 is 0. The molecule has 3 aliphatic rings. The van der Waals surface area contributed by atoms with E-state index in [-0.39, 0.29) is 0 Å². The van der Waals surface area contributed by atoms with E-state index in [0.717, 1.165) is 18.6 Å². The number of hydrogen-bond acceptors (Lipinski definition) is 2. The highest BCUT2D eigenvalue weighted by Crippen LogP contribution is 2.78. The zero-order valence-electron chi connectivity index (χ0n) is 9.14. The van der Waals surface area contributed by atoms with Crippen LogP contribution >= 0.6 is 0 Å². The molecule has 3 saturated carbocycles. The van der Waals surface area contributed by atoms with Crippen molar-refractivity contribution in [2.45, 2.75) is 44.6 Å². The minimum atomic E-state index is 0.618. The number of hydrogen-bond donors (Lipinski definition) is 1. The Bertz CT molecular complexity index is 232. The number of nitrogens with one attached hydrogen (secondary N) is 1. The van der Waals surface area contributed by atoms with Crippen LogP contribution in [0.1, 0.15) is 38.5 Å². The molecule has 0 aromatic rings. The molecule has 0 saturated heterocycles. The zero-order chi connectivity index (χ0) is 9.65. The van der Waals surface area contributed by atoms with Gasteiger partial charge in [0.05, 0.1) is 12.7 Å². The Morgan fingerprint density at radius 3 is 2.43 bits per heavy atom. The van der Waals surface area contributed by atoms with E-state index in [0.29, 0.717) is 11.5 Å². The quantitative estimate of drug-likeness (QED) is 0.692. The average Bonchev–Trinajstić information content (AvgIpc) is 2.90. The third-order valence-electron chi connectivity index (χ3n) is 5.10. The lowest BCUT2D eigenvalue weighted by molar-refractivity contribution is -0.199. The fraction of sp³-hybridized carbons (Fsp3) is 1.00. The highest BCUT2D eigenvalue weighted by atomic mass is 16.5. The molecule has 0 aliphatic heterocycles. The molecule has 2 spiro atoms. The van der Waals surface area contributed by atoms with Gasteiger partial charge in [-0.25, -0.2) is 0 Å². The molecule has 2 atom stereocenters. The van der Waals surface area contributed by atoms with Gasteiger partial charge < -0.3 is 10.1 Å². The SMILES string of the molecule is CNCCO[C@@H]1CC[C@]12CCC21CC1. The van der Waals surface area contributed by atoms with Crippen molar-refractivity contribution >= 4 is 0 Å². The summed E-state index contributed by atoms with van der Waals surface area (Å²) < 4.78 is 5.99. The highest BCUT2D eigenvalue weighted by molar-refractivity contribution is 5.21. The fourth-order valence-corrected chi connectivity index (χ4v) is 3.75. The Labute approximate surface area is 86.4 Å². The second-order valence-electron chi connectivity index (χ2n) is 5.44. The van der Waals surface area contributed by atoms with Crippen LogP contribution in [0.4, 0.5) is 0 Å². The van der Waals surface area contributed by atoms with Crippen molar-refractivity contribution in [2.24, 2.45) is 10.8 Å². The van der Waals surface area contributed by atoms with Crippen LogP contribution in [0, 0.1) is 10.8 Å². The number of likely N-dealkylation sites (N-methyl/N-ethyl adjacent to an activating group) is 1. The number of fused-ring (bicyclic) bond motifs is 1. The van der Waals surface area contributed by atoms with E-state index in [1.807, 2.05) is 7.05 Å². The van der Waals surface area contributed by atoms with Gasteiger partial charge in [-0.2, -0.15) is 0 Å². The normalized spacial score (nSPS) is 42.2. The molecule has 2 heteroatoms. The minimum Gasteiger partial charge on any atom is -0.376 e. The Kier molecular flexibility index (Phi) is 1.94. The summed E-state index contributed by atoms with van der Waals surface area (Å²) in [6.45, 7) is 1.90. The van der Waals surface area contributed by atoms with Crippen LogP contribution in [0.5, 0.6) is 0 Å². The molecule has 1 N–H and O–H groups in total. The fourth-order valence-electron chi connectivity index (χ4n) is 3.75. The van der Waals surface area contributed by atoms with Gasteiger partial charge in [-0.1, -0.05) is 0 Å². The van der Waals surface area contributed by atoms with Crippen LogP contribution in [0.15, 0.2) is 0 Å². The maximum absolute atomic E-state index is 5.99. The van der Waals surface area contributed by atoms with Crippen LogP contribution in [0.3, 0.4) is 0 Å². The molecule has 0 amide bonds. The summed E-state index contributed by atoms with van der Waals surface area (Å²) in [5.74, 6) is 0. The van der Waals surface area contributed by atoms with Gasteiger partial charge in [0.15, 0.2) is 0 Å². The Balaban J connectivity index is 1.55. The second-order valence-corrected chi connectivity index (χ2v) is 5.44. The molecule has 80 valence electrons. The molecule has 3 rings (SSSR count). The maximum Gasteiger partial charge on any atom is 0.0637 e. The van der Waals surface area contributed by atoms with Gasteiger partial charge >= 0.3 is 0 Å². The van der Waals surface area contributed by atoms with Crippen molar-refractivity contribution in [3.8, 4) is 0 Å². The molecule has 2 nitrogen and oxygen atoms in total. The molecule has 0 aromatic carbocycles. The summed E-state index contributed by atoms with van der Waals surface area (Å²) in [6, 6.07) is 0. The van der Waals surface area contributed by atoms with Crippen molar-refractivity contribution in [2.75, 3.05) is 20.2 Å². The third-order valence-corrected chi connectivity index (χ3v) is 5.10. The van der Waals surface area contributed by atoms with Crippen LogP contribution in [0.2, 0.25) is 0 Å². The summed E-state index contributed by atoms with van der Waals surface area (Å²) in [4.78, 5) is 0. The van der Waals surface area contributed by atoms with E-state index < -0.39 is 0 Å². The molecular formula is C12H21NO. The first-order valence-corrected chi connectivity index (χ1v) is 6.09. The maximum atomic E-state index is 5.99. The van der Waals surface area contributed by atoms with Gasteiger partial charge in [-0.05, 0) is 51.0 Å². The van der Waals surface area contributed by atoms with E-state index in [2.05, 4.69) is 5.32 Å². The van der Waals surface area contributed by atoms with Gasteiger partial charge in [-0.15, -0.1) is 0 Å². The van der Waals surface area contributed by atoms with Crippen molar-refractivity contribution < 1.29 is 4.74 Å². The first kappa shape index (κ1) is 9.17. The summed E-state index contributed by atoms with van der Waals surface area (Å²) in [5.41, 5.74) is 1.45. The van der Waals surface area contributed by atoms with Gasteiger partial charge in [0.25, 0.3) is 0 Å². The minimum absolute atomic E-state index is 0.618. The number of rotatable bonds is 4. The predicted molar refractivity (Wildman–Crippen MR) is 56.2 cm³/mol. The van der Waals surface area contributed by atoms with E-state index in [9.17, 15) is 0 Å². The first-order chi connectivity index (χ1) is 6.83. The van der Waals surface area contributed by atoms with Crippen LogP contribution in [-0.2, 0) is 4.74 Å². The molecule has 0 bridgehead atoms. The molecule has 14 heavy (non-hydrogen) atoms. The predicted octanol–water partition coefficient (Wildman–Crippen LogP) is 1.95. The Morgan fingerprint density at radius 1 is 1.21 bits per heavy atom. The standard InChI is InChI=1S/C12H21NO/c1-13-8-9-14-10-2-3-12(10)7-6-11(12)4-5-11/h10,13H,2-9H2,1H3/t10-,12+/m1/s1. The van der Waals surface area contributed by atoms with E-state index in [1.165, 1.54) is 38.5 Å². The zero-order valence-corrected chi connectivity index (χ0v) is 9.14. The third kappa shape index (κ3) is 0.989. The van der Waals surface area contributed by atoms with Gasteiger partial charge in [-0.3, -0.25) is 0 Å². The molecule has 3 fully saturated rings. The van der Waals surface area contributed by atoms with Crippen LogP contribution < -0.4 is 5.32 Å². The summed E-state index contributed by atoms with van der Waals surface area (Å²) in [6.07, 6.45) is 9.35. The van der Waals surface area contributed by atoms with E-state index in [1.54, 1.807) is 0 Å². The van der Waals surface area contributed by atoms with Crippen molar-refractivity contribution in [3.63, 3.8) is 0 Å². The molecule has 0 heterocycles. The van der Waals surface area contributed by atoms with E-state index in [4.69, 9.17) is 4.74 Å². The van der Waals surface area contributed by atoms with Crippen molar-refractivity contribution in [1.29, 1.82) is 0 Å². The molecular weight excluding hydrogens is 174 g/mol. The second kappa shape index (κ2) is 2.96. The Morgan fingerprint density at radius 2 is 2.00 bits per heavy atom. The molecule has 0 unspecified atom stereocenters. The van der Waals surface area contributed by atoms with Gasteiger partial charge in [0, 0.05) is 12.0 Å². The largest absolute Gasteiger partial charge is 0.376 e. The number of ether oxygens (including phenoxy) is 1. The monoisotopic (exact) mass is 195 g/mol. The molecule has 3 aliphatic carbocycles. The van der Waals surface area contributed by atoms with Crippen molar-refractivity contribution in [1.82, 2.24) is 5.32 Å². The van der Waals surface area contributed by atoms with Crippen molar-refractivity contribution in [3.05, 3.63) is 0 Å². The summed E-state index contributed by atoms with van der Waals surface area (Å²) in [7, 11) is 1.99. The Hall–Kier alpha value is -0.0800. The summed E-state index contributed by atoms with van der Waals surface area (Å²) in [5, 5.41) is 3.15. The van der Waals surface area contributed by atoms with E-state index >= 15 is 0 Å². The van der Waals surface area contributed by atoms with Crippen LogP contribution in [-0.4, -0.2) is 26.3 Å². The molecule has 0 radical (unpaired) electrons. The lowest BCUT2D eigenvalue weighted by atomic mass is 9.46. The highest BCUT2D eigenvalue weighted by Gasteiger charge is 2.71. The van der Waals surface area contributed by atoms with Crippen LogP contribution in [0.25, 0.3) is 0 Å². The van der Waals surface area contributed by atoms with Gasteiger partial charge in [0.2, 0.25) is 0 Å². The smallest absolute Gasteiger partial charge is 0.0637 e. The topological polar surface area (TPSA) is 21.3 Å².